The molecule has 1 aromatic heterocycles. The highest BCUT2D eigenvalue weighted by Gasteiger charge is 2.17. The number of nitrogens with one attached hydrogen (secondary N) is 2. The first-order chi connectivity index (χ1) is 9.87. The van der Waals surface area contributed by atoms with E-state index < -0.39 is 4.92 Å². The fraction of sp³-hybridized carbons (Fsp3) is 0.538. The summed E-state index contributed by atoms with van der Waals surface area (Å²) >= 11 is 0. The molecule has 21 heavy (non-hydrogen) atoms. The Kier molecular flexibility index (Phi) is 5.89. The highest BCUT2D eigenvalue weighted by Crippen LogP contribution is 2.22. The van der Waals surface area contributed by atoms with Crippen LogP contribution < -0.4 is 15.5 Å². The van der Waals surface area contributed by atoms with E-state index in [-0.39, 0.29) is 24.2 Å². The van der Waals surface area contributed by atoms with Gasteiger partial charge < -0.3 is 15.5 Å². The second kappa shape index (κ2) is 7.41. The summed E-state index contributed by atoms with van der Waals surface area (Å²) in [7, 11) is 1.64. The maximum Gasteiger partial charge on any atom is 0.276 e. The fourth-order valence-electron chi connectivity index (χ4n) is 1.79. The summed E-state index contributed by atoms with van der Waals surface area (Å²) in [6.07, 6.45) is 0. The summed E-state index contributed by atoms with van der Waals surface area (Å²) < 4.78 is 0. The van der Waals surface area contributed by atoms with Gasteiger partial charge in [-0.1, -0.05) is 0 Å². The Balaban J connectivity index is 3.01. The number of nitrogens with zero attached hydrogens (tertiary/aromatic N) is 3. The minimum atomic E-state index is -0.478. The number of carbonyl (C=O) groups excluding carboxylic acids is 1. The lowest BCUT2D eigenvalue weighted by Crippen LogP contribution is -2.40. The quantitative estimate of drug-likeness (QED) is 0.582. The average Bonchev–Trinajstić information content (AvgIpc) is 2.43. The van der Waals surface area contributed by atoms with E-state index >= 15 is 0 Å². The van der Waals surface area contributed by atoms with Crippen LogP contribution in [0, 0.1) is 10.1 Å². The Bertz CT molecular complexity index is 519. The zero-order valence-corrected chi connectivity index (χ0v) is 12.7. The molecule has 0 bridgehead atoms. The van der Waals surface area contributed by atoms with Crippen molar-refractivity contribution in [3.8, 4) is 0 Å². The van der Waals surface area contributed by atoms with Crippen molar-refractivity contribution in [3.63, 3.8) is 0 Å². The Labute approximate surface area is 123 Å². The van der Waals surface area contributed by atoms with Crippen LogP contribution >= 0.6 is 0 Å². The van der Waals surface area contributed by atoms with E-state index in [9.17, 15) is 14.9 Å². The van der Waals surface area contributed by atoms with Gasteiger partial charge in [0, 0.05) is 19.6 Å². The number of carbonyl (C=O) groups is 1. The van der Waals surface area contributed by atoms with Gasteiger partial charge in [-0.25, -0.2) is 4.98 Å². The van der Waals surface area contributed by atoms with Gasteiger partial charge in [0.05, 0.1) is 23.6 Å². The van der Waals surface area contributed by atoms with Crippen molar-refractivity contribution in [2.24, 2.45) is 0 Å². The summed E-state index contributed by atoms with van der Waals surface area (Å²) in [6, 6.07) is 2.76. The van der Waals surface area contributed by atoms with E-state index in [1.54, 1.807) is 11.9 Å². The molecule has 8 heteroatoms. The van der Waals surface area contributed by atoms with Gasteiger partial charge in [0.25, 0.3) is 5.69 Å². The van der Waals surface area contributed by atoms with Crippen LogP contribution in [0.2, 0.25) is 0 Å². The van der Waals surface area contributed by atoms with Crippen molar-refractivity contribution in [2.75, 3.05) is 30.4 Å². The molecule has 2 N–H and O–H groups in total. The van der Waals surface area contributed by atoms with E-state index in [1.165, 1.54) is 12.1 Å². The molecule has 0 aliphatic heterocycles. The summed E-state index contributed by atoms with van der Waals surface area (Å²) in [4.78, 5) is 28.3. The molecule has 0 radical (unpaired) electrons. The number of amides is 1. The smallest absolute Gasteiger partial charge is 0.276 e. The van der Waals surface area contributed by atoms with Crippen molar-refractivity contribution in [2.45, 2.75) is 26.8 Å². The van der Waals surface area contributed by atoms with Crippen LogP contribution in [-0.2, 0) is 4.79 Å². The number of aromatic nitrogens is 1. The molecule has 1 aromatic rings. The van der Waals surface area contributed by atoms with E-state index in [4.69, 9.17) is 0 Å². The zero-order chi connectivity index (χ0) is 16.0. The highest BCUT2D eigenvalue weighted by atomic mass is 16.6. The Morgan fingerprint density at radius 1 is 1.48 bits per heavy atom. The number of hydrogen-bond acceptors (Lipinski definition) is 6. The first kappa shape index (κ1) is 16.7. The standard InChI is InChI=1S/C13H21N5O3/c1-5-17(8-13(19)15-9(2)3)12-7-10(18(20)21)6-11(14-4)16-12/h6-7,9H,5,8H2,1-4H3,(H,14,16)(H,15,19). The van der Waals surface area contributed by atoms with Crippen molar-refractivity contribution in [1.82, 2.24) is 10.3 Å². The van der Waals surface area contributed by atoms with Gasteiger partial charge >= 0.3 is 0 Å². The van der Waals surface area contributed by atoms with Gasteiger partial charge in [-0.3, -0.25) is 14.9 Å². The van der Waals surface area contributed by atoms with Gasteiger partial charge in [0.2, 0.25) is 5.91 Å². The predicted octanol–water partition coefficient (Wildman–Crippen LogP) is 1.38. The van der Waals surface area contributed by atoms with Crippen LogP contribution in [0.25, 0.3) is 0 Å². The summed E-state index contributed by atoms with van der Waals surface area (Å²) in [5, 5.41) is 16.5. The van der Waals surface area contributed by atoms with Crippen molar-refractivity contribution < 1.29 is 9.72 Å². The molecule has 0 fully saturated rings. The van der Waals surface area contributed by atoms with Crippen LogP contribution in [-0.4, -0.2) is 42.0 Å². The molecule has 1 rings (SSSR count). The van der Waals surface area contributed by atoms with E-state index in [1.807, 2.05) is 20.8 Å². The molecule has 8 nitrogen and oxygen atoms in total. The molecule has 0 unspecified atom stereocenters. The minimum absolute atomic E-state index is 0.0437. The SMILES string of the molecule is CCN(CC(=O)NC(C)C)c1cc([N+](=O)[O-])cc(NC)n1. The largest absolute Gasteiger partial charge is 0.373 e. The minimum Gasteiger partial charge on any atom is -0.373 e. The lowest BCUT2D eigenvalue weighted by Gasteiger charge is -2.22. The maximum absolute atomic E-state index is 11.8. The van der Waals surface area contributed by atoms with E-state index in [2.05, 4.69) is 15.6 Å². The fourth-order valence-corrected chi connectivity index (χ4v) is 1.79. The van der Waals surface area contributed by atoms with Crippen LogP contribution in [0.15, 0.2) is 12.1 Å². The number of pyridine rings is 1. The molecule has 0 aliphatic rings. The second-order valence-corrected chi connectivity index (χ2v) is 4.81. The van der Waals surface area contributed by atoms with Gasteiger partial charge in [-0.15, -0.1) is 0 Å². The van der Waals surface area contributed by atoms with Crippen LogP contribution in [0.3, 0.4) is 0 Å². The van der Waals surface area contributed by atoms with Crippen molar-refractivity contribution in [3.05, 3.63) is 22.2 Å². The monoisotopic (exact) mass is 295 g/mol. The summed E-state index contributed by atoms with van der Waals surface area (Å²) in [5.41, 5.74) is -0.0629. The van der Waals surface area contributed by atoms with Crippen LogP contribution in [0.1, 0.15) is 20.8 Å². The third kappa shape index (κ3) is 4.90. The number of nitro groups is 1. The Morgan fingerprint density at radius 2 is 2.14 bits per heavy atom. The van der Waals surface area contributed by atoms with Gasteiger partial charge in [0.1, 0.15) is 11.6 Å². The third-order valence-electron chi connectivity index (χ3n) is 2.75. The molecule has 1 heterocycles. The molecule has 0 atom stereocenters. The van der Waals surface area contributed by atoms with Gasteiger partial charge in [-0.2, -0.15) is 0 Å². The summed E-state index contributed by atoms with van der Waals surface area (Å²) in [6.45, 7) is 6.23. The first-order valence-corrected chi connectivity index (χ1v) is 6.75. The average molecular weight is 295 g/mol. The molecule has 0 aliphatic carbocycles. The van der Waals surface area contributed by atoms with Crippen LogP contribution in [0.5, 0.6) is 0 Å². The van der Waals surface area contributed by atoms with E-state index in [0.29, 0.717) is 18.2 Å². The molecular weight excluding hydrogens is 274 g/mol. The normalized spacial score (nSPS) is 10.3. The number of likely N-dealkylation sites (N-methyl/N-ethyl adjacent to an activating group) is 1. The molecule has 0 saturated heterocycles. The number of rotatable bonds is 7. The molecular formula is C13H21N5O3. The van der Waals surface area contributed by atoms with Gasteiger partial charge in [0.15, 0.2) is 0 Å². The van der Waals surface area contributed by atoms with Crippen LogP contribution in [0.4, 0.5) is 17.3 Å². The molecule has 0 saturated carbocycles. The summed E-state index contributed by atoms with van der Waals surface area (Å²) in [5.74, 6) is 0.642. The lowest BCUT2D eigenvalue weighted by molar-refractivity contribution is -0.384. The maximum atomic E-state index is 11.8. The number of anilines is 2. The number of hydrogen-bond donors (Lipinski definition) is 2. The van der Waals surface area contributed by atoms with Crippen molar-refractivity contribution in [1.29, 1.82) is 0 Å². The lowest BCUT2D eigenvalue weighted by atomic mass is 10.3. The zero-order valence-electron chi connectivity index (χ0n) is 12.7. The van der Waals surface area contributed by atoms with Crippen molar-refractivity contribution >= 4 is 23.2 Å². The Morgan fingerprint density at radius 3 is 2.62 bits per heavy atom. The first-order valence-electron chi connectivity index (χ1n) is 6.75. The predicted molar refractivity (Wildman–Crippen MR) is 81.6 cm³/mol. The molecule has 116 valence electrons. The van der Waals surface area contributed by atoms with E-state index in [0.717, 1.165) is 0 Å². The molecule has 0 aromatic carbocycles. The molecule has 1 amide bonds. The highest BCUT2D eigenvalue weighted by molar-refractivity contribution is 5.81. The Hall–Kier alpha value is -2.38. The topological polar surface area (TPSA) is 100 Å². The second-order valence-electron chi connectivity index (χ2n) is 4.81. The van der Waals surface area contributed by atoms with Gasteiger partial charge in [-0.05, 0) is 20.8 Å². The molecule has 0 spiro atoms. The third-order valence-corrected chi connectivity index (χ3v) is 2.75.